The SMILES string of the molecule is CC(C)NC(=O)c1nnc2n1C[C@H]1CN(Cc3ccc4c(c3)OCO4)C[C@@H]1C2. The number of hydrogen-bond donors (Lipinski definition) is 1. The number of nitrogens with one attached hydrogen (secondary N) is 1. The van der Waals surface area contributed by atoms with Crippen molar-refractivity contribution < 1.29 is 14.3 Å². The van der Waals surface area contributed by atoms with Gasteiger partial charge in [-0.25, -0.2) is 0 Å². The fourth-order valence-electron chi connectivity index (χ4n) is 4.54. The van der Waals surface area contributed by atoms with Crippen molar-refractivity contribution in [2.24, 2.45) is 11.8 Å². The first-order valence-electron chi connectivity index (χ1n) is 9.90. The lowest BCUT2D eigenvalue weighted by Crippen LogP contribution is -2.35. The van der Waals surface area contributed by atoms with E-state index in [1.807, 2.05) is 24.5 Å². The van der Waals surface area contributed by atoms with Crippen molar-refractivity contribution >= 4 is 5.91 Å². The number of hydrogen-bond acceptors (Lipinski definition) is 6. The van der Waals surface area contributed by atoms with Crippen molar-refractivity contribution in [3.05, 3.63) is 35.4 Å². The van der Waals surface area contributed by atoms with E-state index in [2.05, 4.69) is 32.5 Å². The Kier molecular flexibility index (Phi) is 4.23. The molecule has 8 nitrogen and oxygen atoms in total. The molecule has 8 heteroatoms. The Morgan fingerprint density at radius 2 is 2.00 bits per heavy atom. The summed E-state index contributed by atoms with van der Waals surface area (Å²) in [6.07, 6.45) is 0.879. The lowest BCUT2D eigenvalue weighted by molar-refractivity contribution is 0.0924. The second kappa shape index (κ2) is 6.77. The quantitative estimate of drug-likeness (QED) is 0.861. The van der Waals surface area contributed by atoms with Crippen LogP contribution in [0, 0.1) is 11.8 Å². The van der Waals surface area contributed by atoms with E-state index in [0.29, 0.717) is 24.5 Å². The maximum Gasteiger partial charge on any atom is 0.289 e. The maximum absolute atomic E-state index is 12.4. The predicted molar refractivity (Wildman–Crippen MR) is 101 cm³/mol. The van der Waals surface area contributed by atoms with Crippen LogP contribution >= 0.6 is 0 Å². The fraction of sp³-hybridized carbons (Fsp3) is 0.550. The Labute approximate surface area is 163 Å². The molecule has 148 valence electrons. The summed E-state index contributed by atoms with van der Waals surface area (Å²) in [5.74, 6) is 3.97. The average Bonchev–Trinajstić information content (AvgIpc) is 3.35. The number of benzene rings is 1. The smallest absolute Gasteiger partial charge is 0.289 e. The molecule has 1 amide bonds. The summed E-state index contributed by atoms with van der Waals surface area (Å²) in [4.78, 5) is 14.9. The zero-order valence-corrected chi connectivity index (χ0v) is 16.2. The van der Waals surface area contributed by atoms with E-state index in [0.717, 1.165) is 49.9 Å². The highest BCUT2D eigenvalue weighted by molar-refractivity contribution is 5.90. The number of carbonyl (C=O) groups excluding carboxylic acids is 1. The van der Waals surface area contributed by atoms with Gasteiger partial charge in [0.05, 0.1) is 0 Å². The Bertz CT molecular complexity index is 909. The average molecular weight is 383 g/mol. The van der Waals surface area contributed by atoms with E-state index < -0.39 is 0 Å². The number of ether oxygens (including phenoxy) is 2. The topological polar surface area (TPSA) is 81.5 Å². The van der Waals surface area contributed by atoms with Crippen molar-refractivity contribution in [3.63, 3.8) is 0 Å². The zero-order chi connectivity index (χ0) is 19.3. The molecule has 0 saturated carbocycles. The molecule has 1 N–H and O–H groups in total. The summed E-state index contributed by atoms with van der Waals surface area (Å²) in [6.45, 7) is 7.97. The molecule has 5 rings (SSSR count). The standard InChI is InChI=1S/C20H25N5O3/c1-12(2)21-20(26)19-23-22-18-6-14-8-24(9-15(14)10-25(18)19)7-13-3-4-16-17(5-13)28-11-27-16/h3-5,12,14-15H,6-11H2,1-2H3,(H,21,26)/t14-,15+/m0/s1. The highest BCUT2D eigenvalue weighted by Gasteiger charge is 2.39. The largest absolute Gasteiger partial charge is 0.454 e. The van der Waals surface area contributed by atoms with Gasteiger partial charge in [-0.3, -0.25) is 9.69 Å². The van der Waals surface area contributed by atoms with Gasteiger partial charge in [0.25, 0.3) is 5.91 Å². The normalized spacial score (nSPS) is 23.0. The minimum atomic E-state index is -0.137. The lowest BCUT2D eigenvalue weighted by atomic mass is 9.89. The monoisotopic (exact) mass is 383 g/mol. The van der Waals surface area contributed by atoms with Crippen molar-refractivity contribution in [2.75, 3.05) is 19.9 Å². The van der Waals surface area contributed by atoms with Crippen LogP contribution < -0.4 is 14.8 Å². The predicted octanol–water partition coefficient (Wildman–Crippen LogP) is 1.45. The summed E-state index contributed by atoms with van der Waals surface area (Å²) in [5.41, 5.74) is 1.24. The first-order valence-corrected chi connectivity index (χ1v) is 9.90. The van der Waals surface area contributed by atoms with Gasteiger partial charge in [-0.05, 0) is 43.4 Å². The molecule has 1 saturated heterocycles. The summed E-state index contributed by atoms with van der Waals surface area (Å²) < 4.78 is 12.9. The Morgan fingerprint density at radius 1 is 1.18 bits per heavy atom. The number of rotatable bonds is 4. The van der Waals surface area contributed by atoms with Crippen LogP contribution in [0.1, 0.15) is 35.9 Å². The number of likely N-dealkylation sites (tertiary alicyclic amines) is 1. The second-order valence-electron chi connectivity index (χ2n) is 8.28. The van der Waals surface area contributed by atoms with Crippen LogP contribution in [0.5, 0.6) is 11.5 Å². The van der Waals surface area contributed by atoms with Crippen LogP contribution in [-0.4, -0.2) is 51.5 Å². The number of aromatic nitrogens is 3. The summed E-state index contributed by atoms with van der Waals surface area (Å²) in [6, 6.07) is 6.26. The molecule has 4 heterocycles. The minimum absolute atomic E-state index is 0.0838. The number of nitrogens with zero attached hydrogens (tertiary/aromatic N) is 4. The molecule has 0 unspecified atom stereocenters. The van der Waals surface area contributed by atoms with E-state index in [1.165, 1.54) is 5.56 Å². The summed E-state index contributed by atoms with van der Waals surface area (Å²) in [7, 11) is 0. The van der Waals surface area contributed by atoms with E-state index >= 15 is 0 Å². The zero-order valence-electron chi connectivity index (χ0n) is 16.2. The molecule has 0 aliphatic carbocycles. The molecule has 0 spiro atoms. The number of carbonyl (C=O) groups is 1. The molecule has 1 aromatic carbocycles. The van der Waals surface area contributed by atoms with Crippen LogP contribution in [0.15, 0.2) is 18.2 Å². The second-order valence-corrected chi connectivity index (χ2v) is 8.28. The first kappa shape index (κ1) is 17.5. The van der Waals surface area contributed by atoms with Gasteiger partial charge >= 0.3 is 0 Å². The van der Waals surface area contributed by atoms with Gasteiger partial charge in [0, 0.05) is 38.6 Å². The number of fused-ring (bicyclic) bond motifs is 3. The fourth-order valence-corrected chi connectivity index (χ4v) is 4.54. The van der Waals surface area contributed by atoms with Gasteiger partial charge in [-0.1, -0.05) is 6.07 Å². The van der Waals surface area contributed by atoms with Gasteiger partial charge in [0.15, 0.2) is 11.5 Å². The molecule has 28 heavy (non-hydrogen) atoms. The van der Waals surface area contributed by atoms with Crippen molar-refractivity contribution in [3.8, 4) is 11.5 Å². The maximum atomic E-state index is 12.4. The van der Waals surface area contributed by atoms with Crippen LogP contribution in [0.2, 0.25) is 0 Å². The highest BCUT2D eigenvalue weighted by Crippen LogP contribution is 2.35. The van der Waals surface area contributed by atoms with Crippen molar-refractivity contribution in [1.82, 2.24) is 25.0 Å². The lowest BCUT2D eigenvalue weighted by Gasteiger charge is -2.25. The highest BCUT2D eigenvalue weighted by atomic mass is 16.7. The number of amides is 1. The Balaban J connectivity index is 1.27. The molecule has 2 atom stereocenters. The third kappa shape index (κ3) is 3.11. The molecule has 3 aliphatic heterocycles. The van der Waals surface area contributed by atoms with Crippen LogP contribution in [0.3, 0.4) is 0 Å². The van der Waals surface area contributed by atoms with Crippen molar-refractivity contribution in [2.45, 2.75) is 39.4 Å². The minimum Gasteiger partial charge on any atom is -0.454 e. The van der Waals surface area contributed by atoms with Crippen LogP contribution in [0.25, 0.3) is 0 Å². The molecular formula is C20H25N5O3. The van der Waals surface area contributed by atoms with Gasteiger partial charge in [-0.2, -0.15) is 0 Å². The van der Waals surface area contributed by atoms with Gasteiger partial charge in [0.1, 0.15) is 5.82 Å². The van der Waals surface area contributed by atoms with E-state index in [4.69, 9.17) is 9.47 Å². The van der Waals surface area contributed by atoms with Gasteiger partial charge < -0.3 is 19.4 Å². The molecule has 0 bridgehead atoms. The molecule has 0 radical (unpaired) electrons. The molecule has 1 aromatic heterocycles. The van der Waals surface area contributed by atoms with Gasteiger partial charge in [-0.15, -0.1) is 10.2 Å². The first-order chi connectivity index (χ1) is 13.6. The third-order valence-electron chi connectivity index (χ3n) is 5.81. The van der Waals surface area contributed by atoms with E-state index in [-0.39, 0.29) is 11.9 Å². The van der Waals surface area contributed by atoms with Crippen LogP contribution in [0.4, 0.5) is 0 Å². The van der Waals surface area contributed by atoms with Crippen LogP contribution in [-0.2, 0) is 19.5 Å². The van der Waals surface area contributed by atoms with Crippen molar-refractivity contribution in [1.29, 1.82) is 0 Å². The van der Waals surface area contributed by atoms with Gasteiger partial charge in [0.2, 0.25) is 12.6 Å². The molecule has 3 aliphatic rings. The third-order valence-corrected chi connectivity index (χ3v) is 5.81. The molecule has 2 aromatic rings. The van der Waals surface area contributed by atoms with E-state index in [1.54, 1.807) is 0 Å². The van der Waals surface area contributed by atoms with E-state index in [9.17, 15) is 4.79 Å². The molecular weight excluding hydrogens is 358 g/mol. The summed E-state index contributed by atoms with van der Waals surface area (Å²) >= 11 is 0. The molecule has 1 fully saturated rings. The summed E-state index contributed by atoms with van der Waals surface area (Å²) in [5, 5.41) is 11.4. The Morgan fingerprint density at radius 3 is 2.86 bits per heavy atom. The Hall–Kier alpha value is -2.61.